The summed E-state index contributed by atoms with van der Waals surface area (Å²) in [5, 5.41) is 0. The van der Waals surface area contributed by atoms with Crippen LogP contribution in [-0.2, 0) is 6.54 Å². The Hall–Kier alpha value is -0.930. The molecule has 3 heteroatoms. The molecule has 2 nitrogen and oxygen atoms in total. The van der Waals surface area contributed by atoms with E-state index in [0.29, 0.717) is 12.6 Å². The third-order valence-electron chi connectivity index (χ3n) is 4.07. The number of likely N-dealkylation sites (N-methyl/N-ethyl adjacent to an activating group) is 1. The molecular weight excluding hydrogens is 227 g/mol. The van der Waals surface area contributed by atoms with Gasteiger partial charge in [-0.2, -0.15) is 0 Å². The van der Waals surface area contributed by atoms with Gasteiger partial charge in [-0.15, -0.1) is 0 Å². The molecule has 0 spiro atoms. The molecule has 0 aromatic heterocycles. The first-order chi connectivity index (χ1) is 8.58. The highest BCUT2D eigenvalue weighted by Crippen LogP contribution is 2.27. The third kappa shape index (κ3) is 3.09. The number of nitrogens with zero attached hydrogens (tertiary/aromatic N) is 1. The van der Waals surface area contributed by atoms with Crippen LogP contribution in [0.5, 0.6) is 0 Å². The van der Waals surface area contributed by atoms with Crippen LogP contribution < -0.4 is 5.73 Å². The monoisotopic (exact) mass is 250 g/mol. The Morgan fingerprint density at radius 2 is 2.06 bits per heavy atom. The van der Waals surface area contributed by atoms with E-state index in [-0.39, 0.29) is 11.9 Å². The molecule has 18 heavy (non-hydrogen) atoms. The molecule has 2 N–H and O–H groups in total. The lowest BCUT2D eigenvalue weighted by atomic mass is 9.83. The molecule has 100 valence electrons. The Morgan fingerprint density at radius 1 is 1.33 bits per heavy atom. The maximum absolute atomic E-state index is 13.6. The van der Waals surface area contributed by atoms with Crippen molar-refractivity contribution in [3.8, 4) is 0 Å². The highest BCUT2D eigenvalue weighted by Gasteiger charge is 2.29. The Kier molecular flexibility index (Phi) is 4.36. The summed E-state index contributed by atoms with van der Waals surface area (Å²) in [5.74, 6) is 0.597. The van der Waals surface area contributed by atoms with Crippen LogP contribution >= 0.6 is 0 Å². The molecule has 1 aliphatic rings. The quantitative estimate of drug-likeness (QED) is 0.893. The zero-order chi connectivity index (χ0) is 13.1. The number of nitrogens with two attached hydrogens (primary N) is 1. The minimum atomic E-state index is -0.123. The molecule has 1 fully saturated rings. The Bertz CT molecular complexity index is 394. The van der Waals surface area contributed by atoms with E-state index in [1.165, 1.54) is 12.5 Å². The second-order valence-corrected chi connectivity index (χ2v) is 5.66. The molecular formula is C15H23FN2. The van der Waals surface area contributed by atoms with Gasteiger partial charge in [-0.3, -0.25) is 4.90 Å². The molecule has 1 aromatic rings. The van der Waals surface area contributed by atoms with E-state index in [0.717, 1.165) is 24.3 Å². The Labute approximate surface area is 109 Å². The van der Waals surface area contributed by atoms with Crippen LogP contribution in [-0.4, -0.2) is 24.0 Å². The van der Waals surface area contributed by atoms with Crippen molar-refractivity contribution in [2.24, 2.45) is 11.7 Å². The lowest BCUT2D eigenvalue weighted by molar-refractivity contribution is 0.135. The van der Waals surface area contributed by atoms with E-state index in [9.17, 15) is 4.39 Å². The van der Waals surface area contributed by atoms with Crippen molar-refractivity contribution >= 4 is 0 Å². The molecule has 0 bridgehead atoms. The van der Waals surface area contributed by atoms with Crippen LogP contribution in [0.3, 0.4) is 0 Å². The van der Waals surface area contributed by atoms with Crippen LogP contribution in [0, 0.1) is 11.7 Å². The summed E-state index contributed by atoms with van der Waals surface area (Å²) in [5.41, 5.74) is 6.95. The highest BCUT2D eigenvalue weighted by atomic mass is 19.1. The number of rotatable bonds is 3. The maximum Gasteiger partial charge on any atom is 0.127 e. The standard InChI is InChI=1S/C15H23FN2/c1-11-7-8-14(17)15(9-11)18(2)10-12-5-3-4-6-13(12)16/h3-6,11,14-15H,7-10,17H2,1-2H3. The van der Waals surface area contributed by atoms with Crippen LogP contribution in [0.2, 0.25) is 0 Å². The zero-order valence-corrected chi connectivity index (χ0v) is 11.3. The normalized spacial score (nSPS) is 28.6. The first kappa shape index (κ1) is 13.5. The van der Waals surface area contributed by atoms with Crippen molar-refractivity contribution in [2.45, 2.75) is 44.8 Å². The highest BCUT2D eigenvalue weighted by molar-refractivity contribution is 5.17. The van der Waals surface area contributed by atoms with Crippen molar-refractivity contribution in [2.75, 3.05) is 7.05 Å². The molecule has 0 aliphatic heterocycles. The van der Waals surface area contributed by atoms with Gasteiger partial charge >= 0.3 is 0 Å². The second kappa shape index (κ2) is 5.81. The number of halogens is 1. The van der Waals surface area contributed by atoms with Gasteiger partial charge < -0.3 is 5.73 Å². The smallest absolute Gasteiger partial charge is 0.127 e. The molecule has 0 radical (unpaired) electrons. The lowest BCUT2D eigenvalue weighted by Crippen LogP contribution is -2.49. The molecule has 3 unspecified atom stereocenters. The summed E-state index contributed by atoms with van der Waals surface area (Å²) in [6, 6.07) is 7.57. The van der Waals surface area contributed by atoms with Gasteiger partial charge in [0.1, 0.15) is 5.82 Å². The van der Waals surface area contributed by atoms with E-state index in [1.54, 1.807) is 6.07 Å². The van der Waals surface area contributed by atoms with E-state index in [2.05, 4.69) is 18.9 Å². The molecule has 3 atom stereocenters. The summed E-state index contributed by atoms with van der Waals surface area (Å²) in [7, 11) is 2.05. The van der Waals surface area contributed by atoms with Crippen molar-refractivity contribution in [3.05, 3.63) is 35.6 Å². The Morgan fingerprint density at radius 3 is 2.78 bits per heavy atom. The number of hydrogen-bond acceptors (Lipinski definition) is 2. The third-order valence-corrected chi connectivity index (χ3v) is 4.07. The fourth-order valence-electron chi connectivity index (χ4n) is 2.89. The summed E-state index contributed by atoms with van der Waals surface area (Å²) in [6.45, 7) is 2.91. The lowest BCUT2D eigenvalue weighted by Gasteiger charge is -2.38. The predicted molar refractivity (Wildman–Crippen MR) is 72.6 cm³/mol. The average Bonchev–Trinajstić information content (AvgIpc) is 2.35. The van der Waals surface area contributed by atoms with Crippen molar-refractivity contribution in [1.29, 1.82) is 0 Å². The largest absolute Gasteiger partial charge is 0.326 e. The van der Waals surface area contributed by atoms with Crippen molar-refractivity contribution < 1.29 is 4.39 Å². The maximum atomic E-state index is 13.6. The van der Waals surface area contributed by atoms with Crippen LogP contribution in [0.1, 0.15) is 31.7 Å². The first-order valence-corrected chi connectivity index (χ1v) is 6.77. The first-order valence-electron chi connectivity index (χ1n) is 6.77. The van der Waals surface area contributed by atoms with Crippen LogP contribution in [0.15, 0.2) is 24.3 Å². The minimum absolute atomic E-state index is 0.123. The molecule has 2 rings (SSSR count). The second-order valence-electron chi connectivity index (χ2n) is 5.66. The summed E-state index contributed by atoms with van der Waals surface area (Å²) in [4.78, 5) is 2.21. The van der Waals surface area contributed by atoms with Gasteiger partial charge in [-0.25, -0.2) is 4.39 Å². The summed E-state index contributed by atoms with van der Waals surface area (Å²) in [6.07, 6.45) is 3.41. The topological polar surface area (TPSA) is 29.3 Å². The average molecular weight is 250 g/mol. The number of benzene rings is 1. The predicted octanol–water partition coefficient (Wildman–Crippen LogP) is 2.77. The molecule has 0 heterocycles. The summed E-state index contributed by atoms with van der Waals surface area (Å²) >= 11 is 0. The molecule has 1 aromatic carbocycles. The zero-order valence-electron chi connectivity index (χ0n) is 11.3. The van der Waals surface area contributed by atoms with Gasteiger partial charge in [-0.05, 0) is 38.3 Å². The van der Waals surface area contributed by atoms with Crippen molar-refractivity contribution in [1.82, 2.24) is 4.90 Å². The van der Waals surface area contributed by atoms with E-state index >= 15 is 0 Å². The fourth-order valence-corrected chi connectivity index (χ4v) is 2.89. The van der Waals surface area contributed by atoms with Crippen LogP contribution in [0.4, 0.5) is 4.39 Å². The van der Waals surface area contributed by atoms with E-state index in [1.807, 2.05) is 12.1 Å². The summed E-state index contributed by atoms with van der Waals surface area (Å²) < 4.78 is 13.6. The number of hydrogen-bond donors (Lipinski definition) is 1. The van der Waals surface area contributed by atoms with Gasteiger partial charge in [0.05, 0.1) is 0 Å². The Balaban J connectivity index is 2.03. The van der Waals surface area contributed by atoms with E-state index < -0.39 is 0 Å². The van der Waals surface area contributed by atoms with E-state index in [4.69, 9.17) is 5.73 Å². The van der Waals surface area contributed by atoms with Crippen LogP contribution in [0.25, 0.3) is 0 Å². The van der Waals surface area contributed by atoms with Gasteiger partial charge in [0, 0.05) is 24.2 Å². The molecule has 1 aliphatic carbocycles. The van der Waals surface area contributed by atoms with Gasteiger partial charge in [0.25, 0.3) is 0 Å². The SMILES string of the molecule is CC1CCC(N)C(N(C)Cc2ccccc2F)C1. The van der Waals surface area contributed by atoms with Crippen molar-refractivity contribution in [3.63, 3.8) is 0 Å². The molecule has 0 saturated heterocycles. The molecule has 1 saturated carbocycles. The van der Waals surface area contributed by atoms with Gasteiger partial charge in [0.2, 0.25) is 0 Å². The fraction of sp³-hybridized carbons (Fsp3) is 0.600. The minimum Gasteiger partial charge on any atom is -0.326 e. The molecule has 0 amide bonds. The van der Waals surface area contributed by atoms with Gasteiger partial charge in [0.15, 0.2) is 0 Å². The van der Waals surface area contributed by atoms with Gasteiger partial charge in [-0.1, -0.05) is 25.1 Å².